The number of benzene rings is 1. The quantitative estimate of drug-likeness (QED) is 0.151. The molecule has 1 aliphatic carbocycles. The zero-order chi connectivity index (χ0) is 24.0. The molecule has 0 bridgehead atoms. The van der Waals surface area contributed by atoms with Crippen LogP contribution < -0.4 is 10.6 Å². The maximum Gasteiger partial charge on any atom is 0.228 e. The summed E-state index contributed by atoms with van der Waals surface area (Å²) in [6.45, 7) is 4.06. The summed E-state index contributed by atoms with van der Waals surface area (Å²) in [4.78, 5) is 23.1. The van der Waals surface area contributed by atoms with Gasteiger partial charge < -0.3 is 10.6 Å². The van der Waals surface area contributed by atoms with E-state index in [2.05, 4.69) is 73.5 Å². The number of pyridine rings is 1. The molecular weight excluding hydrogens is 580 g/mol. The number of aryl methyl sites for hydroxylation is 2. The molecule has 176 valence electrons. The van der Waals surface area contributed by atoms with E-state index in [-0.39, 0.29) is 11.8 Å². The number of imidazole rings is 1. The van der Waals surface area contributed by atoms with Crippen molar-refractivity contribution in [3.05, 3.63) is 42.0 Å². The van der Waals surface area contributed by atoms with Crippen LogP contribution in [0.3, 0.4) is 0 Å². The zero-order valence-electron chi connectivity index (χ0n) is 19.3. The lowest BCUT2D eigenvalue weighted by molar-refractivity contribution is -0.117. The van der Waals surface area contributed by atoms with Crippen molar-refractivity contribution in [1.29, 1.82) is 0 Å². The number of carbonyl (C=O) groups is 1. The smallest absolute Gasteiger partial charge is 0.228 e. The standard InChI is InChI=1S/C23H25IN7OPS/c1-12-16(11-25-30(12)3)15-7-8-17(19(9-15)34-4)27-18-10-20(29-23(32)14-5-6-14)28-22-21(18)26-13(2)31(22)33-24/h7-11,14,33H,5-6H2,1-4H3,(H2,27,28,29,32). The van der Waals surface area contributed by atoms with E-state index in [9.17, 15) is 4.79 Å². The van der Waals surface area contributed by atoms with Crippen LogP contribution in [0.2, 0.25) is 0 Å². The summed E-state index contributed by atoms with van der Waals surface area (Å²) in [5.74, 6) is 1.60. The second kappa shape index (κ2) is 9.47. The Kier molecular flexibility index (Phi) is 6.56. The van der Waals surface area contributed by atoms with Crippen molar-refractivity contribution < 1.29 is 4.79 Å². The van der Waals surface area contributed by atoms with Gasteiger partial charge in [-0.1, -0.05) is 6.07 Å². The van der Waals surface area contributed by atoms with Crippen LogP contribution >= 0.6 is 40.2 Å². The Morgan fingerprint density at radius 2 is 2.00 bits per heavy atom. The minimum absolute atomic E-state index is 0.0403. The molecule has 0 saturated heterocycles. The van der Waals surface area contributed by atoms with Gasteiger partial charge in [0, 0.05) is 35.2 Å². The first-order chi connectivity index (χ1) is 16.4. The highest BCUT2D eigenvalue weighted by atomic mass is 127. The van der Waals surface area contributed by atoms with E-state index < -0.39 is 0 Å². The fraction of sp³-hybridized carbons (Fsp3) is 0.304. The van der Waals surface area contributed by atoms with Gasteiger partial charge in [0.05, 0.1) is 23.9 Å². The predicted octanol–water partition coefficient (Wildman–Crippen LogP) is 6.05. The van der Waals surface area contributed by atoms with Crippen LogP contribution in [0.25, 0.3) is 22.3 Å². The summed E-state index contributed by atoms with van der Waals surface area (Å²) in [5.41, 5.74) is 6.75. The number of fused-ring (bicyclic) bond motifs is 1. The number of nitrogens with one attached hydrogen (secondary N) is 2. The fourth-order valence-corrected chi connectivity index (χ4v) is 6.60. The molecule has 0 radical (unpaired) electrons. The number of carbonyl (C=O) groups excluding carboxylic acids is 1. The van der Waals surface area contributed by atoms with E-state index in [1.807, 2.05) is 30.9 Å². The van der Waals surface area contributed by atoms with Gasteiger partial charge in [0.25, 0.3) is 0 Å². The van der Waals surface area contributed by atoms with Crippen LogP contribution in [0, 0.1) is 19.8 Å². The number of anilines is 3. The third kappa shape index (κ3) is 4.43. The van der Waals surface area contributed by atoms with Gasteiger partial charge in [-0.2, -0.15) is 5.10 Å². The molecule has 1 saturated carbocycles. The first kappa shape index (κ1) is 23.6. The van der Waals surface area contributed by atoms with Crippen LogP contribution in [0.5, 0.6) is 0 Å². The van der Waals surface area contributed by atoms with Crippen molar-refractivity contribution in [3.63, 3.8) is 0 Å². The largest absolute Gasteiger partial charge is 0.353 e. The summed E-state index contributed by atoms with van der Waals surface area (Å²) in [6.07, 6.45) is 6.34. The minimum Gasteiger partial charge on any atom is -0.353 e. The molecule has 5 rings (SSSR count). The molecule has 2 N–H and O–H groups in total. The maximum absolute atomic E-state index is 12.4. The van der Waals surface area contributed by atoms with E-state index in [1.54, 1.807) is 11.8 Å². The van der Waals surface area contributed by atoms with Gasteiger partial charge in [0.2, 0.25) is 5.91 Å². The molecule has 1 aliphatic rings. The van der Waals surface area contributed by atoms with Crippen LogP contribution in [0.15, 0.2) is 35.4 Å². The van der Waals surface area contributed by atoms with E-state index in [0.717, 1.165) is 62.9 Å². The topological polar surface area (TPSA) is 89.7 Å². The van der Waals surface area contributed by atoms with Crippen molar-refractivity contribution in [1.82, 2.24) is 24.1 Å². The first-order valence-electron chi connectivity index (χ1n) is 10.9. The van der Waals surface area contributed by atoms with E-state index >= 15 is 0 Å². The van der Waals surface area contributed by atoms with Crippen molar-refractivity contribution in [2.24, 2.45) is 13.0 Å². The number of hydrogen-bond acceptors (Lipinski definition) is 6. The third-order valence-electron chi connectivity index (χ3n) is 6.08. The number of rotatable bonds is 7. The molecule has 34 heavy (non-hydrogen) atoms. The van der Waals surface area contributed by atoms with E-state index in [4.69, 9.17) is 9.97 Å². The van der Waals surface area contributed by atoms with Gasteiger partial charge in [-0.25, -0.2) is 9.97 Å². The lowest BCUT2D eigenvalue weighted by Gasteiger charge is -2.14. The highest BCUT2D eigenvalue weighted by Gasteiger charge is 2.30. The summed E-state index contributed by atoms with van der Waals surface area (Å²) >= 11 is 4.02. The Bertz CT molecular complexity index is 1410. The Morgan fingerprint density at radius 1 is 1.21 bits per heavy atom. The van der Waals surface area contributed by atoms with Crippen LogP contribution in [-0.2, 0) is 11.8 Å². The molecule has 0 aliphatic heterocycles. The highest BCUT2D eigenvalue weighted by Crippen LogP contribution is 2.38. The normalized spacial score (nSPS) is 13.8. The Hall–Kier alpha value is -2.17. The number of nitrogens with zero attached hydrogens (tertiary/aromatic N) is 5. The second-order valence-corrected chi connectivity index (χ2v) is 11.3. The number of aromatic nitrogens is 5. The predicted molar refractivity (Wildman–Crippen MR) is 150 cm³/mol. The van der Waals surface area contributed by atoms with Crippen molar-refractivity contribution in [2.45, 2.75) is 31.6 Å². The van der Waals surface area contributed by atoms with Gasteiger partial charge in [0.1, 0.15) is 17.2 Å². The average molecular weight is 605 g/mol. The molecule has 3 heterocycles. The Balaban J connectivity index is 1.55. The minimum atomic E-state index is 0.0403. The molecule has 3 aromatic heterocycles. The molecule has 1 fully saturated rings. The second-order valence-electron chi connectivity index (χ2n) is 8.38. The zero-order valence-corrected chi connectivity index (χ0v) is 23.3. The van der Waals surface area contributed by atoms with Gasteiger partial charge in [-0.15, -0.1) is 11.8 Å². The molecule has 1 atom stereocenters. The highest BCUT2D eigenvalue weighted by molar-refractivity contribution is 14.2. The molecule has 0 spiro atoms. The van der Waals surface area contributed by atoms with Gasteiger partial charge >= 0.3 is 0 Å². The summed E-state index contributed by atoms with van der Waals surface area (Å²) in [7, 11) is 1.95. The molecule has 11 heteroatoms. The lowest BCUT2D eigenvalue weighted by atomic mass is 10.1. The third-order valence-corrected chi connectivity index (χ3v) is 9.01. The summed E-state index contributed by atoms with van der Waals surface area (Å²) in [6, 6.07) is 8.27. The van der Waals surface area contributed by atoms with Gasteiger partial charge in [-0.05, 0) is 72.7 Å². The lowest BCUT2D eigenvalue weighted by Crippen LogP contribution is -2.14. The van der Waals surface area contributed by atoms with Crippen LogP contribution in [-0.4, -0.2) is 36.2 Å². The number of thioether (sulfide) groups is 1. The first-order valence-corrected chi connectivity index (χ1v) is 16.2. The maximum atomic E-state index is 12.4. The van der Waals surface area contributed by atoms with Crippen molar-refractivity contribution in [2.75, 3.05) is 16.9 Å². The molecule has 8 nitrogen and oxygen atoms in total. The number of halogens is 1. The average Bonchev–Trinajstić information content (AvgIpc) is 3.56. The fourth-order valence-electron chi connectivity index (χ4n) is 3.88. The number of amides is 1. The molecule has 4 aromatic rings. The molecular formula is C23H25IN7OPS. The van der Waals surface area contributed by atoms with Crippen LogP contribution in [0.1, 0.15) is 24.4 Å². The SMILES string of the molecule is CSc1cc(-c2cnn(C)c2C)ccc1Nc1cc(NC(=O)C2CC2)nc2c1nc(C)n2PI. The monoisotopic (exact) mass is 605 g/mol. The molecule has 1 amide bonds. The summed E-state index contributed by atoms with van der Waals surface area (Å²) in [5, 5.41) is 11.0. The van der Waals surface area contributed by atoms with Crippen molar-refractivity contribution in [3.8, 4) is 11.1 Å². The van der Waals surface area contributed by atoms with Gasteiger partial charge in [0.15, 0.2) is 5.65 Å². The van der Waals surface area contributed by atoms with E-state index in [0.29, 0.717) is 12.2 Å². The van der Waals surface area contributed by atoms with E-state index in [1.165, 1.54) is 0 Å². The Labute approximate surface area is 217 Å². The summed E-state index contributed by atoms with van der Waals surface area (Å²) < 4.78 is 3.97. The van der Waals surface area contributed by atoms with Crippen molar-refractivity contribution >= 4 is 74.4 Å². The van der Waals surface area contributed by atoms with Gasteiger partial charge in [-0.3, -0.25) is 13.8 Å². The molecule has 1 aromatic carbocycles. The number of hydrogen-bond donors (Lipinski definition) is 2. The van der Waals surface area contributed by atoms with Crippen LogP contribution in [0.4, 0.5) is 17.2 Å². The molecule has 1 unspecified atom stereocenters. The Morgan fingerprint density at radius 3 is 2.65 bits per heavy atom.